The molecule has 0 aliphatic rings. The van der Waals surface area contributed by atoms with Gasteiger partial charge >= 0.3 is 0 Å². The zero-order valence-electron chi connectivity index (χ0n) is 12.1. The molecule has 0 saturated carbocycles. The molecular weight excluding hydrogens is 242 g/mol. The summed E-state index contributed by atoms with van der Waals surface area (Å²) in [6.45, 7) is 6.18. The van der Waals surface area contributed by atoms with Crippen LogP contribution < -0.4 is 10.1 Å². The molecule has 0 fully saturated rings. The first-order chi connectivity index (χ1) is 8.85. The van der Waals surface area contributed by atoms with Crippen LogP contribution in [0, 0.1) is 5.41 Å². The molecule has 1 atom stereocenters. The number of nitrogens with one attached hydrogen (secondary N) is 1. The molecule has 1 unspecified atom stereocenters. The average molecular weight is 265 g/mol. The second kappa shape index (κ2) is 6.57. The SMILES string of the molecule is COc1ccc(C(=O)NC(CO)CC(C)(C)C)cc1. The van der Waals surface area contributed by atoms with Gasteiger partial charge in [-0.25, -0.2) is 0 Å². The van der Waals surface area contributed by atoms with Crippen LogP contribution in [0.15, 0.2) is 24.3 Å². The third-order valence-electron chi connectivity index (χ3n) is 2.77. The summed E-state index contributed by atoms with van der Waals surface area (Å²) in [7, 11) is 1.58. The molecule has 0 saturated heterocycles. The molecule has 1 aromatic carbocycles. The van der Waals surface area contributed by atoms with Crippen LogP contribution in [0.1, 0.15) is 37.6 Å². The van der Waals surface area contributed by atoms with Gasteiger partial charge in [0, 0.05) is 5.56 Å². The summed E-state index contributed by atoms with van der Waals surface area (Å²) in [5.74, 6) is 0.538. The number of aliphatic hydroxyl groups is 1. The number of aliphatic hydroxyl groups excluding tert-OH is 1. The lowest BCUT2D eigenvalue weighted by molar-refractivity contribution is 0.0897. The van der Waals surface area contributed by atoms with Gasteiger partial charge in [0.2, 0.25) is 0 Å². The second-order valence-electron chi connectivity index (χ2n) is 5.85. The molecule has 19 heavy (non-hydrogen) atoms. The van der Waals surface area contributed by atoms with E-state index < -0.39 is 0 Å². The van der Waals surface area contributed by atoms with E-state index in [-0.39, 0.29) is 24.0 Å². The Kier molecular flexibility index (Phi) is 5.36. The third-order valence-corrected chi connectivity index (χ3v) is 2.77. The highest BCUT2D eigenvalue weighted by Gasteiger charge is 2.20. The minimum absolute atomic E-state index is 0.0561. The number of benzene rings is 1. The minimum Gasteiger partial charge on any atom is -0.497 e. The second-order valence-corrected chi connectivity index (χ2v) is 5.85. The van der Waals surface area contributed by atoms with Crippen LogP contribution >= 0.6 is 0 Å². The Morgan fingerprint density at radius 2 is 1.89 bits per heavy atom. The van der Waals surface area contributed by atoms with Gasteiger partial charge in [-0.3, -0.25) is 4.79 Å². The van der Waals surface area contributed by atoms with Gasteiger partial charge in [-0.15, -0.1) is 0 Å². The molecular formula is C15H23NO3. The van der Waals surface area contributed by atoms with Gasteiger partial charge in [0.15, 0.2) is 0 Å². The van der Waals surface area contributed by atoms with Crippen molar-refractivity contribution in [2.24, 2.45) is 5.41 Å². The highest BCUT2D eigenvalue weighted by atomic mass is 16.5. The molecule has 0 aliphatic heterocycles. The summed E-state index contributed by atoms with van der Waals surface area (Å²) in [5, 5.41) is 12.2. The normalized spacial score (nSPS) is 12.9. The maximum atomic E-state index is 12.0. The molecule has 0 bridgehead atoms. The predicted octanol–water partition coefficient (Wildman–Crippen LogP) is 2.22. The Hall–Kier alpha value is -1.55. The van der Waals surface area contributed by atoms with Crippen LogP contribution in [-0.4, -0.2) is 30.8 Å². The number of hydrogen-bond acceptors (Lipinski definition) is 3. The molecule has 1 rings (SSSR count). The Morgan fingerprint density at radius 1 is 1.32 bits per heavy atom. The summed E-state index contributed by atoms with van der Waals surface area (Å²) in [4.78, 5) is 12.0. The fraction of sp³-hybridized carbons (Fsp3) is 0.533. The maximum Gasteiger partial charge on any atom is 0.251 e. The van der Waals surface area contributed by atoms with Gasteiger partial charge in [0.1, 0.15) is 5.75 Å². The highest BCUT2D eigenvalue weighted by molar-refractivity contribution is 5.94. The van der Waals surface area contributed by atoms with Crippen LogP contribution in [0.2, 0.25) is 0 Å². The predicted molar refractivity (Wildman–Crippen MR) is 75.4 cm³/mol. The van der Waals surface area contributed by atoms with Gasteiger partial charge in [-0.1, -0.05) is 20.8 Å². The molecule has 1 amide bonds. The number of carbonyl (C=O) groups is 1. The summed E-state index contributed by atoms with van der Waals surface area (Å²) in [5.41, 5.74) is 0.619. The topological polar surface area (TPSA) is 58.6 Å². The first-order valence-corrected chi connectivity index (χ1v) is 6.41. The average Bonchev–Trinajstić information content (AvgIpc) is 2.36. The molecule has 0 radical (unpaired) electrons. The van der Waals surface area contributed by atoms with Gasteiger partial charge in [-0.05, 0) is 36.1 Å². The lowest BCUT2D eigenvalue weighted by Gasteiger charge is -2.25. The molecule has 0 aromatic heterocycles. The lowest BCUT2D eigenvalue weighted by Crippen LogP contribution is -2.40. The first-order valence-electron chi connectivity index (χ1n) is 6.41. The van der Waals surface area contributed by atoms with E-state index in [9.17, 15) is 9.90 Å². The van der Waals surface area contributed by atoms with Crippen molar-refractivity contribution in [3.8, 4) is 5.75 Å². The van der Waals surface area contributed by atoms with Crippen LogP contribution in [0.4, 0.5) is 0 Å². The van der Waals surface area contributed by atoms with Crippen molar-refractivity contribution in [1.82, 2.24) is 5.32 Å². The Morgan fingerprint density at radius 3 is 2.32 bits per heavy atom. The Labute approximate surface area is 114 Å². The van der Waals surface area contributed by atoms with E-state index in [0.717, 1.165) is 6.42 Å². The van der Waals surface area contributed by atoms with Gasteiger partial charge < -0.3 is 15.2 Å². The molecule has 4 nitrogen and oxygen atoms in total. The summed E-state index contributed by atoms with van der Waals surface area (Å²) in [6.07, 6.45) is 0.728. The molecule has 4 heteroatoms. The highest BCUT2D eigenvalue weighted by Crippen LogP contribution is 2.21. The molecule has 1 aromatic rings. The monoisotopic (exact) mass is 265 g/mol. The van der Waals surface area contributed by atoms with Crippen LogP contribution in [-0.2, 0) is 0 Å². The summed E-state index contributed by atoms with van der Waals surface area (Å²) >= 11 is 0. The lowest BCUT2D eigenvalue weighted by atomic mass is 9.88. The maximum absolute atomic E-state index is 12.0. The van der Waals surface area contributed by atoms with Crippen molar-refractivity contribution in [3.05, 3.63) is 29.8 Å². The van der Waals surface area contributed by atoms with Crippen molar-refractivity contribution < 1.29 is 14.6 Å². The van der Waals surface area contributed by atoms with Gasteiger partial charge in [0.25, 0.3) is 5.91 Å². The summed E-state index contributed by atoms with van der Waals surface area (Å²) in [6, 6.07) is 6.67. The molecule has 0 heterocycles. The molecule has 0 aliphatic carbocycles. The third kappa shape index (κ3) is 5.30. The van der Waals surface area contributed by atoms with Gasteiger partial charge in [0.05, 0.1) is 19.8 Å². The number of hydrogen-bond donors (Lipinski definition) is 2. The number of methoxy groups -OCH3 is 1. The van der Waals surface area contributed by atoms with E-state index in [1.165, 1.54) is 0 Å². The van der Waals surface area contributed by atoms with Crippen molar-refractivity contribution >= 4 is 5.91 Å². The van der Waals surface area contributed by atoms with E-state index in [2.05, 4.69) is 26.1 Å². The van der Waals surface area contributed by atoms with Crippen LogP contribution in [0.25, 0.3) is 0 Å². The number of rotatable bonds is 5. The number of amides is 1. The van der Waals surface area contributed by atoms with E-state index in [1.807, 2.05) is 0 Å². The zero-order chi connectivity index (χ0) is 14.5. The van der Waals surface area contributed by atoms with Crippen molar-refractivity contribution in [2.45, 2.75) is 33.2 Å². The van der Waals surface area contributed by atoms with Crippen molar-refractivity contribution in [2.75, 3.05) is 13.7 Å². The van der Waals surface area contributed by atoms with Crippen molar-refractivity contribution in [1.29, 1.82) is 0 Å². The van der Waals surface area contributed by atoms with E-state index >= 15 is 0 Å². The Balaban J connectivity index is 2.66. The van der Waals surface area contributed by atoms with E-state index in [0.29, 0.717) is 11.3 Å². The standard InChI is InChI=1S/C15H23NO3/c1-15(2,3)9-12(10-17)16-14(18)11-5-7-13(19-4)8-6-11/h5-8,12,17H,9-10H2,1-4H3,(H,16,18). The van der Waals surface area contributed by atoms with Gasteiger partial charge in [-0.2, -0.15) is 0 Å². The Bertz CT molecular complexity index is 406. The molecule has 2 N–H and O–H groups in total. The smallest absolute Gasteiger partial charge is 0.251 e. The first kappa shape index (κ1) is 15.5. The van der Waals surface area contributed by atoms with Crippen LogP contribution in [0.3, 0.4) is 0 Å². The number of carbonyl (C=O) groups excluding carboxylic acids is 1. The molecule has 0 spiro atoms. The fourth-order valence-corrected chi connectivity index (χ4v) is 1.91. The summed E-state index contributed by atoms with van der Waals surface area (Å²) < 4.78 is 5.05. The number of ether oxygens (including phenoxy) is 1. The minimum atomic E-state index is -0.227. The van der Waals surface area contributed by atoms with E-state index in [1.54, 1.807) is 31.4 Å². The largest absolute Gasteiger partial charge is 0.497 e. The quantitative estimate of drug-likeness (QED) is 0.858. The van der Waals surface area contributed by atoms with E-state index in [4.69, 9.17) is 4.74 Å². The zero-order valence-corrected chi connectivity index (χ0v) is 12.1. The van der Waals surface area contributed by atoms with Crippen LogP contribution in [0.5, 0.6) is 5.75 Å². The van der Waals surface area contributed by atoms with Crippen molar-refractivity contribution in [3.63, 3.8) is 0 Å². The fourth-order valence-electron chi connectivity index (χ4n) is 1.91. The molecule has 106 valence electrons.